The van der Waals surface area contributed by atoms with Crippen LogP contribution in [0.15, 0.2) is 23.2 Å². The first kappa shape index (κ1) is 14.0. The predicted molar refractivity (Wildman–Crippen MR) is 70.1 cm³/mol. The summed E-state index contributed by atoms with van der Waals surface area (Å²) in [4.78, 5) is 15.0. The van der Waals surface area contributed by atoms with Crippen molar-refractivity contribution in [3.05, 3.63) is 24.0 Å². The second kappa shape index (κ2) is 6.61. The lowest BCUT2D eigenvalue weighted by Crippen LogP contribution is -2.12. The smallest absolute Gasteiger partial charge is 0.221 e. The van der Waals surface area contributed by atoms with Crippen molar-refractivity contribution in [2.45, 2.75) is 6.92 Å². The molecule has 0 aliphatic rings. The van der Waals surface area contributed by atoms with E-state index >= 15 is 0 Å². The summed E-state index contributed by atoms with van der Waals surface area (Å²) >= 11 is 1.25. The molecule has 0 saturated heterocycles. The molecular formula is C11H11FN4OS. The summed E-state index contributed by atoms with van der Waals surface area (Å²) in [7, 11) is 0. The van der Waals surface area contributed by atoms with E-state index in [1.54, 1.807) is 12.4 Å². The van der Waals surface area contributed by atoms with Gasteiger partial charge in [-0.1, -0.05) is 11.8 Å². The summed E-state index contributed by atoms with van der Waals surface area (Å²) in [5.41, 5.74) is 0.494. The van der Waals surface area contributed by atoms with Gasteiger partial charge in [0, 0.05) is 6.92 Å². The van der Waals surface area contributed by atoms with E-state index in [2.05, 4.69) is 15.6 Å². The van der Waals surface area contributed by atoms with Crippen LogP contribution in [0.25, 0.3) is 0 Å². The highest BCUT2D eigenvalue weighted by Crippen LogP contribution is 2.22. The van der Waals surface area contributed by atoms with Crippen LogP contribution in [0, 0.1) is 17.3 Å². The molecule has 94 valence electrons. The average molecular weight is 266 g/mol. The Morgan fingerprint density at radius 1 is 1.56 bits per heavy atom. The van der Waals surface area contributed by atoms with Gasteiger partial charge in [0.15, 0.2) is 11.4 Å². The van der Waals surface area contributed by atoms with Crippen molar-refractivity contribution >= 4 is 34.2 Å². The van der Waals surface area contributed by atoms with Gasteiger partial charge in [0.25, 0.3) is 0 Å². The van der Waals surface area contributed by atoms with E-state index in [-0.39, 0.29) is 11.6 Å². The first-order chi connectivity index (χ1) is 8.56. The molecule has 5 nitrogen and oxygen atoms in total. The Morgan fingerprint density at radius 2 is 2.28 bits per heavy atom. The zero-order chi connectivity index (χ0) is 13.5. The van der Waals surface area contributed by atoms with Crippen LogP contribution in [0.4, 0.5) is 15.8 Å². The number of amidine groups is 1. The third kappa shape index (κ3) is 4.07. The summed E-state index contributed by atoms with van der Waals surface area (Å²) in [6.07, 6.45) is 3.50. The van der Waals surface area contributed by atoms with E-state index in [0.717, 1.165) is 0 Å². The fourth-order valence-electron chi connectivity index (χ4n) is 1.16. The second-order valence-corrected chi connectivity index (χ2v) is 4.00. The number of aliphatic imine (C=N–C) groups is 1. The van der Waals surface area contributed by atoms with Gasteiger partial charge in [0.1, 0.15) is 5.82 Å². The van der Waals surface area contributed by atoms with E-state index in [0.29, 0.717) is 10.9 Å². The van der Waals surface area contributed by atoms with Crippen LogP contribution in [0.5, 0.6) is 0 Å². The van der Waals surface area contributed by atoms with E-state index in [4.69, 9.17) is 5.26 Å². The molecule has 1 amide bonds. The maximum atomic E-state index is 13.4. The number of thioether (sulfide) groups is 1. The Morgan fingerprint density at radius 3 is 2.83 bits per heavy atom. The minimum atomic E-state index is -0.539. The molecule has 0 spiro atoms. The third-order valence-electron chi connectivity index (χ3n) is 1.85. The predicted octanol–water partition coefficient (Wildman–Crippen LogP) is 2.21. The molecule has 1 aromatic carbocycles. The van der Waals surface area contributed by atoms with Gasteiger partial charge >= 0.3 is 0 Å². The molecule has 7 heteroatoms. The van der Waals surface area contributed by atoms with Crippen molar-refractivity contribution < 1.29 is 9.18 Å². The number of halogens is 1. The molecule has 0 atom stereocenters. The van der Waals surface area contributed by atoms with Gasteiger partial charge in [0.05, 0.1) is 11.4 Å². The molecule has 2 N–H and O–H groups in total. The maximum absolute atomic E-state index is 13.4. The second-order valence-electron chi connectivity index (χ2n) is 3.20. The number of hydrogen-bond donors (Lipinski definition) is 2. The number of nitrogens with zero attached hydrogens (tertiary/aromatic N) is 2. The molecule has 1 rings (SSSR count). The van der Waals surface area contributed by atoms with Crippen LogP contribution in [0.1, 0.15) is 6.92 Å². The lowest BCUT2D eigenvalue weighted by Gasteiger charge is -2.05. The Balaban J connectivity index is 3.04. The van der Waals surface area contributed by atoms with Crippen LogP contribution in [0.2, 0.25) is 0 Å². The van der Waals surface area contributed by atoms with Gasteiger partial charge in [-0.15, -0.1) is 0 Å². The van der Waals surface area contributed by atoms with Crippen LogP contribution in [-0.4, -0.2) is 17.3 Å². The highest BCUT2D eigenvalue weighted by Gasteiger charge is 2.05. The number of rotatable bonds is 2. The molecule has 0 saturated carbocycles. The fraction of sp³-hybridized carbons (Fsp3) is 0.182. The number of carbonyl (C=O) groups excluding carboxylic acids is 1. The van der Waals surface area contributed by atoms with Gasteiger partial charge in [-0.2, -0.15) is 5.26 Å². The number of anilines is 1. The number of carbonyl (C=O) groups is 1. The third-order valence-corrected chi connectivity index (χ3v) is 2.43. The molecule has 0 aliphatic carbocycles. The zero-order valence-corrected chi connectivity index (χ0v) is 10.6. The Bertz CT molecular complexity index is 524. The number of amides is 1. The molecule has 0 aromatic heterocycles. The van der Waals surface area contributed by atoms with Gasteiger partial charge in [-0.05, 0) is 24.5 Å². The molecule has 0 radical (unpaired) electrons. The Labute approximate surface area is 108 Å². The molecule has 0 aliphatic heterocycles. The van der Waals surface area contributed by atoms with Crippen molar-refractivity contribution in [2.24, 2.45) is 4.99 Å². The zero-order valence-electron chi connectivity index (χ0n) is 9.82. The largest absolute Gasteiger partial charge is 0.324 e. The number of benzene rings is 1. The highest BCUT2D eigenvalue weighted by atomic mass is 32.2. The quantitative estimate of drug-likeness (QED) is 0.372. The number of nitriles is 1. The van der Waals surface area contributed by atoms with Crippen molar-refractivity contribution in [3.8, 4) is 6.19 Å². The average Bonchev–Trinajstić information content (AvgIpc) is 2.32. The topological polar surface area (TPSA) is 77.3 Å². The first-order valence-electron chi connectivity index (χ1n) is 4.91. The van der Waals surface area contributed by atoms with Gasteiger partial charge in [-0.3, -0.25) is 10.1 Å². The van der Waals surface area contributed by atoms with Gasteiger partial charge in [0.2, 0.25) is 5.91 Å². The van der Waals surface area contributed by atoms with Crippen LogP contribution in [-0.2, 0) is 4.79 Å². The van der Waals surface area contributed by atoms with Crippen molar-refractivity contribution in [2.75, 3.05) is 11.6 Å². The molecule has 18 heavy (non-hydrogen) atoms. The first-order valence-corrected chi connectivity index (χ1v) is 6.14. The molecule has 1 aromatic rings. The Kier molecular flexibility index (Phi) is 5.14. The molecular weight excluding hydrogens is 255 g/mol. The van der Waals surface area contributed by atoms with E-state index < -0.39 is 5.82 Å². The van der Waals surface area contributed by atoms with Crippen LogP contribution in [0.3, 0.4) is 0 Å². The Hall–Kier alpha value is -2.07. The highest BCUT2D eigenvalue weighted by molar-refractivity contribution is 8.13. The van der Waals surface area contributed by atoms with Gasteiger partial charge < -0.3 is 5.32 Å². The lowest BCUT2D eigenvalue weighted by molar-refractivity contribution is -0.114. The molecule has 0 heterocycles. The summed E-state index contributed by atoms with van der Waals surface area (Å²) in [5, 5.41) is 13.6. The van der Waals surface area contributed by atoms with Crippen molar-refractivity contribution in [3.63, 3.8) is 0 Å². The lowest BCUT2D eigenvalue weighted by atomic mass is 10.2. The standard InChI is InChI=1S/C11H11FN4OS/c1-7(17)15-10-5-8(3-4-9(10)12)16-11(18-2)14-6-13/h3-5H,1-2H3,(H,14,16)(H,15,17). The summed E-state index contributed by atoms with van der Waals surface area (Å²) in [5.74, 6) is -0.904. The van der Waals surface area contributed by atoms with Crippen LogP contribution >= 0.6 is 11.8 Å². The van der Waals surface area contributed by atoms with Crippen molar-refractivity contribution in [1.82, 2.24) is 5.32 Å². The summed E-state index contributed by atoms with van der Waals surface area (Å²) < 4.78 is 13.4. The molecule has 0 unspecified atom stereocenters. The van der Waals surface area contributed by atoms with E-state index in [1.807, 2.05) is 0 Å². The van der Waals surface area contributed by atoms with E-state index in [9.17, 15) is 9.18 Å². The summed E-state index contributed by atoms with van der Waals surface area (Å²) in [6.45, 7) is 1.29. The SMILES string of the molecule is CSC(=Nc1ccc(F)c(NC(C)=O)c1)NC#N. The van der Waals surface area contributed by atoms with E-state index in [1.165, 1.54) is 36.9 Å². The summed E-state index contributed by atoms with van der Waals surface area (Å²) in [6, 6.07) is 4.05. The van der Waals surface area contributed by atoms with Crippen LogP contribution < -0.4 is 10.6 Å². The molecule has 0 fully saturated rings. The number of nitrogens with one attached hydrogen (secondary N) is 2. The minimum absolute atomic E-state index is 0.0566. The normalized spacial score (nSPS) is 10.7. The molecule has 0 bridgehead atoms. The minimum Gasteiger partial charge on any atom is -0.324 e. The number of hydrogen-bond acceptors (Lipinski definition) is 4. The maximum Gasteiger partial charge on any atom is 0.221 e. The fourth-order valence-corrected chi connectivity index (χ4v) is 1.50. The van der Waals surface area contributed by atoms with Gasteiger partial charge in [-0.25, -0.2) is 9.38 Å². The van der Waals surface area contributed by atoms with Crippen molar-refractivity contribution in [1.29, 1.82) is 5.26 Å². The monoisotopic (exact) mass is 266 g/mol.